The summed E-state index contributed by atoms with van der Waals surface area (Å²) in [5.41, 5.74) is 8.58. The smallest absolute Gasteiger partial charge is 0.410 e. The van der Waals surface area contributed by atoms with Gasteiger partial charge in [-0.2, -0.15) is 0 Å². The van der Waals surface area contributed by atoms with Gasteiger partial charge in [0.05, 0.1) is 12.6 Å². The molecule has 0 radical (unpaired) electrons. The van der Waals surface area contributed by atoms with Crippen molar-refractivity contribution in [2.45, 2.75) is 102 Å². The number of Topliss-reactive ketones (excluding diaryl/α,β-unsaturated/α-hetero) is 1. The Morgan fingerprint density at radius 2 is 1.67 bits per heavy atom. The van der Waals surface area contributed by atoms with Crippen LogP contribution in [0.1, 0.15) is 80.2 Å². The Labute approximate surface area is 359 Å². The lowest BCUT2D eigenvalue weighted by Crippen LogP contribution is -2.63. The van der Waals surface area contributed by atoms with Crippen LogP contribution in [0.15, 0.2) is 84.2 Å². The van der Waals surface area contributed by atoms with Crippen LogP contribution in [0.25, 0.3) is 10.8 Å². The van der Waals surface area contributed by atoms with E-state index in [1.165, 1.54) is 18.2 Å². The van der Waals surface area contributed by atoms with Crippen molar-refractivity contribution in [2.24, 2.45) is 11.1 Å². The second kappa shape index (κ2) is 20.2. The number of ether oxygens (including phenoxy) is 1. The molecular formula is C47H61N5O6S2. The largest absolute Gasteiger partial charge is 0.415 e. The molecule has 3 heterocycles. The van der Waals surface area contributed by atoms with E-state index in [1.807, 2.05) is 47.8 Å². The van der Waals surface area contributed by atoms with Gasteiger partial charge < -0.3 is 25.6 Å². The fourth-order valence-electron chi connectivity index (χ4n) is 9.58. The van der Waals surface area contributed by atoms with Crippen molar-refractivity contribution in [2.75, 3.05) is 44.7 Å². The molecule has 2 atom stereocenters. The quantitative estimate of drug-likeness (QED) is 0.108. The van der Waals surface area contributed by atoms with Gasteiger partial charge in [0.2, 0.25) is 5.91 Å². The SMILES string of the molecule is CS(=O)(=O)CCCCC[C@@H](NC1CCC2(CC1)CCN(Cc1ccccc1)C2)C(=O)N1CCN(C(=O)Oc2ccc(CN)c3ccccc23)C[C@H]1C(=O)CCc1cccs1. The van der Waals surface area contributed by atoms with Crippen LogP contribution in [-0.4, -0.2) is 104 Å². The minimum absolute atomic E-state index is 0.0408. The third kappa shape index (κ3) is 11.4. The number of carbonyl (C=O) groups excluding carboxylic acids is 3. The number of carbonyl (C=O) groups is 3. The van der Waals surface area contributed by atoms with Crippen LogP contribution in [0.3, 0.4) is 0 Å². The van der Waals surface area contributed by atoms with Crippen molar-refractivity contribution < 1.29 is 27.5 Å². The molecule has 1 aromatic heterocycles. The van der Waals surface area contributed by atoms with Gasteiger partial charge in [-0.1, -0.05) is 79.6 Å². The fraction of sp³-hybridized carbons (Fsp3) is 0.511. The first-order valence-electron chi connectivity index (χ1n) is 21.7. The molecule has 0 bridgehead atoms. The van der Waals surface area contributed by atoms with Gasteiger partial charge in [0.25, 0.3) is 0 Å². The molecule has 7 rings (SSSR count). The van der Waals surface area contributed by atoms with Crippen LogP contribution in [-0.2, 0) is 38.9 Å². The summed E-state index contributed by atoms with van der Waals surface area (Å²) in [4.78, 5) is 49.8. The molecule has 1 saturated carbocycles. The van der Waals surface area contributed by atoms with Crippen molar-refractivity contribution in [3.8, 4) is 5.75 Å². The van der Waals surface area contributed by atoms with Crippen molar-refractivity contribution in [1.82, 2.24) is 20.0 Å². The van der Waals surface area contributed by atoms with E-state index in [-0.39, 0.29) is 49.5 Å². The second-order valence-corrected chi connectivity index (χ2v) is 20.6. The van der Waals surface area contributed by atoms with Crippen LogP contribution in [0.5, 0.6) is 5.75 Å². The summed E-state index contributed by atoms with van der Waals surface area (Å²) in [5, 5.41) is 7.46. The highest BCUT2D eigenvalue weighted by Gasteiger charge is 2.43. The number of nitrogens with two attached hydrogens (primary N) is 1. The van der Waals surface area contributed by atoms with Gasteiger partial charge in [-0.3, -0.25) is 14.5 Å². The van der Waals surface area contributed by atoms with Gasteiger partial charge >= 0.3 is 6.09 Å². The lowest BCUT2D eigenvalue weighted by Gasteiger charge is -2.43. The average Bonchev–Trinajstić information content (AvgIpc) is 3.93. The number of nitrogens with one attached hydrogen (secondary N) is 1. The van der Waals surface area contributed by atoms with E-state index in [0.717, 1.165) is 66.5 Å². The number of unbranched alkanes of at least 4 members (excludes halogenated alkanes) is 2. The predicted octanol–water partition coefficient (Wildman–Crippen LogP) is 6.97. The number of aryl methyl sites for hydroxylation is 1. The number of rotatable bonds is 17. The highest BCUT2D eigenvalue weighted by Crippen LogP contribution is 2.44. The van der Waals surface area contributed by atoms with Crippen molar-refractivity contribution >= 4 is 49.7 Å². The highest BCUT2D eigenvalue weighted by molar-refractivity contribution is 7.90. The molecule has 3 fully saturated rings. The number of ketones is 1. The summed E-state index contributed by atoms with van der Waals surface area (Å²) in [6.45, 7) is 3.98. The summed E-state index contributed by atoms with van der Waals surface area (Å²) in [6, 6.07) is 24.7. The molecular weight excluding hydrogens is 795 g/mol. The Balaban J connectivity index is 1.04. The molecule has 4 aromatic rings. The molecule has 11 nitrogen and oxygen atoms in total. The van der Waals surface area contributed by atoms with Crippen molar-refractivity contribution in [3.05, 3.63) is 100 Å². The lowest BCUT2D eigenvalue weighted by molar-refractivity contribution is -0.144. The van der Waals surface area contributed by atoms with Crippen LogP contribution < -0.4 is 15.8 Å². The summed E-state index contributed by atoms with van der Waals surface area (Å²) in [5.74, 6) is 0.332. The Hall–Kier alpha value is -4.14. The molecule has 2 saturated heterocycles. The van der Waals surface area contributed by atoms with E-state index >= 15 is 0 Å². The zero-order chi connectivity index (χ0) is 42.1. The summed E-state index contributed by atoms with van der Waals surface area (Å²) >= 11 is 1.60. The maximum absolute atomic E-state index is 14.8. The number of thiophene rings is 1. The molecule has 2 aliphatic heterocycles. The Bertz CT molecular complexity index is 2170. The van der Waals surface area contributed by atoms with Gasteiger partial charge in [-0.15, -0.1) is 11.3 Å². The average molecular weight is 856 g/mol. The van der Waals surface area contributed by atoms with Gasteiger partial charge in [-0.25, -0.2) is 13.2 Å². The van der Waals surface area contributed by atoms with E-state index in [1.54, 1.807) is 27.2 Å². The number of piperazine rings is 1. The van der Waals surface area contributed by atoms with E-state index in [9.17, 15) is 22.8 Å². The minimum atomic E-state index is -3.08. The van der Waals surface area contributed by atoms with Gasteiger partial charge in [0, 0.05) is 67.5 Å². The standard InChI is InChI=1S/C47H61N5O6S2/c1-60(56,57)30-9-3-6-16-41(49-37-21-23-47(24-22-37)25-26-50(34-47)32-35-11-4-2-5-12-35)45(54)52-28-27-51(33-42(52)43(53)19-18-38-13-10-29-59-38)46(55)58-44-20-17-36(31-48)39-14-7-8-15-40(39)44/h2,4-5,7-8,10-15,17,20,29,37,41-42,49H,3,6,9,16,18-19,21-28,30-34,48H2,1H3/t37?,41-,42+,47?/m1/s1. The van der Waals surface area contributed by atoms with E-state index in [0.29, 0.717) is 49.8 Å². The zero-order valence-corrected chi connectivity index (χ0v) is 36.6. The van der Waals surface area contributed by atoms with Crippen LogP contribution >= 0.6 is 11.3 Å². The Morgan fingerprint density at radius 3 is 2.40 bits per heavy atom. The summed E-state index contributed by atoms with van der Waals surface area (Å²) in [6.07, 6.45) is 9.29. The first kappa shape index (κ1) is 43.9. The van der Waals surface area contributed by atoms with Gasteiger partial charge in [0.1, 0.15) is 21.6 Å². The monoisotopic (exact) mass is 855 g/mol. The molecule has 60 heavy (non-hydrogen) atoms. The Kier molecular flexibility index (Phi) is 14.8. The first-order chi connectivity index (χ1) is 29.0. The second-order valence-electron chi connectivity index (χ2n) is 17.3. The Morgan fingerprint density at radius 1 is 0.900 bits per heavy atom. The zero-order valence-electron chi connectivity index (χ0n) is 34.9. The number of fused-ring (bicyclic) bond motifs is 1. The van der Waals surface area contributed by atoms with E-state index < -0.39 is 28.0 Å². The molecule has 3 aromatic carbocycles. The minimum Gasteiger partial charge on any atom is -0.410 e. The number of benzene rings is 3. The molecule has 1 spiro atoms. The first-order valence-corrected chi connectivity index (χ1v) is 24.7. The fourth-order valence-corrected chi connectivity index (χ4v) is 11.0. The van der Waals surface area contributed by atoms with Crippen LogP contribution in [0.2, 0.25) is 0 Å². The predicted molar refractivity (Wildman–Crippen MR) is 239 cm³/mol. The van der Waals surface area contributed by atoms with Crippen LogP contribution in [0, 0.1) is 5.41 Å². The van der Waals surface area contributed by atoms with E-state index in [2.05, 4.69) is 40.5 Å². The van der Waals surface area contributed by atoms with Crippen molar-refractivity contribution in [1.29, 1.82) is 0 Å². The third-order valence-electron chi connectivity index (χ3n) is 12.9. The lowest BCUT2D eigenvalue weighted by atomic mass is 9.72. The maximum atomic E-state index is 14.8. The molecule has 0 unspecified atom stereocenters. The number of likely N-dealkylation sites (tertiary alicyclic amines) is 1. The highest BCUT2D eigenvalue weighted by atomic mass is 32.2. The molecule has 13 heteroatoms. The molecule has 1 aliphatic carbocycles. The molecule has 3 aliphatic rings. The van der Waals surface area contributed by atoms with E-state index in [4.69, 9.17) is 10.5 Å². The molecule has 322 valence electrons. The van der Waals surface area contributed by atoms with Gasteiger partial charge in [-0.05, 0) is 97.4 Å². The normalized spacial score (nSPS) is 21.7. The number of hydrogen-bond acceptors (Lipinski definition) is 10. The third-order valence-corrected chi connectivity index (χ3v) is 14.9. The summed E-state index contributed by atoms with van der Waals surface area (Å²) < 4.78 is 29.7. The number of amides is 2. The number of sulfone groups is 1. The maximum Gasteiger partial charge on any atom is 0.415 e. The van der Waals surface area contributed by atoms with Crippen molar-refractivity contribution in [3.63, 3.8) is 0 Å². The molecule has 3 N–H and O–H groups in total. The van der Waals surface area contributed by atoms with Crippen LogP contribution in [0.4, 0.5) is 4.79 Å². The molecule has 2 amide bonds. The topological polar surface area (TPSA) is 142 Å². The number of hydrogen-bond donors (Lipinski definition) is 2. The number of nitrogens with zero attached hydrogens (tertiary/aromatic N) is 3. The van der Waals surface area contributed by atoms with Gasteiger partial charge in [0.15, 0.2) is 5.78 Å². The summed E-state index contributed by atoms with van der Waals surface area (Å²) in [7, 11) is -3.08.